The number of likely N-dealkylation sites (N-methyl/N-ethyl adjacent to an activating group) is 2. The van der Waals surface area contributed by atoms with Gasteiger partial charge in [0.2, 0.25) is 0 Å². The quantitative estimate of drug-likeness (QED) is 0.0927. The predicted octanol–water partition coefficient (Wildman–Crippen LogP) is 5.57. The van der Waals surface area contributed by atoms with Crippen LogP contribution in [0.2, 0.25) is 5.15 Å². The zero-order valence-corrected chi connectivity index (χ0v) is 47.0. The molecule has 2 aromatic heterocycles. The van der Waals surface area contributed by atoms with Crippen molar-refractivity contribution in [1.29, 1.82) is 0 Å². The Morgan fingerprint density at radius 1 is 0.960 bits per heavy atom. The van der Waals surface area contributed by atoms with E-state index in [0.29, 0.717) is 43.2 Å². The third-order valence-electron chi connectivity index (χ3n) is 16.4. The minimum absolute atomic E-state index is 0.0869. The molecule has 0 spiro atoms. The van der Waals surface area contributed by atoms with E-state index in [2.05, 4.69) is 15.3 Å². The number of pyridine rings is 1. The molecule has 20 heteroatoms. The van der Waals surface area contributed by atoms with Crippen LogP contribution in [-0.2, 0) is 46.1 Å². The number of cyclic esters (lactones) is 1. The van der Waals surface area contributed by atoms with Gasteiger partial charge in [0.25, 0.3) is 0 Å². The molecule has 0 amide bonds. The normalized spacial score (nSPS) is 38.4. The lowest BCUT2D eigenvalue weighted by Crippen LogP contribution is -2.61. The van der Waals surface area contributed by atoms with Gasteiger partial charge in [0.1, 0.15) is 41.8 Å². The molecule has 0 bridgehead atoms. The lowest BCUT2D eigenvalue weighted by Gasteiger charge is -2.49. The highest BCUT2D eigenvalue weighted by Gasteiger charge is 2.53. The van der Waals surface area contributed by atoms with Crippen LogP contribution in [0.1, 0.15) is 112 Å². The second-order valence-electron chi connectivity index (χ2n) is 22.7. The molecular formula is C55H86ClFN6O12. The van der Waals surface area contributed by atoms with Crippen LogP contribution in [0, 0.1) is 17.8 Å². The molecule has 3 aliphatic rings. The van der Waals surface area contributed by atoms with Gasteiger partial charge in [-0.05, 0) is 117 Å². The molecule has 0 unspecified atom stereocenters. The Morgan fingerprint density at radius 2 is 1.64 bits per heavy atom. The lowest BCUT2D eigenvalue weighted by atomic mass is 9.77. The molecule has 0 saturated carbocycles. The van der Waals surface area contributed by atoms with Crippen LogP contribution in [0.25, 0.3) is 11.1 Å². The van der Waals surface area contributed by atoms with Gasteiger partial charge in [-0.2, -0.15) is 0 Å². The van der Waals surface area contributed by atoms with Gasteiger partial charge >= 0.3 is 5.97 Å². The molecule has 5 heterocycles. The van der Waals surface area contributed by atoms with E-state index in [1.165, 1.54) is 14.0 Å². The maximum absolute atomic E-state index is 14.6. The number of hydrogen-bond acceptors (Lipinski definition) is 17. The number of halogens is 2. The number of aromatic nitrogens is 4. The van der Waals surface area contributed by atoms with E-state index in [4.69, 9.17) is 40.0 Å². The zero-order chi connectivity index (χ0) is 55.3. The van der Waals surface area contributed by atoms with Crippen LogP contribution >= 0.6 is 11.6 Å². The van der Waals surface area contributed by atoms with Crippen molar-refractivity contribution in [3.8, 4) is 11.1 Å². The summed E-state index contributed by atoms with van der Waals surface area (Å²) in [5, 5.41) is 68.9. The van der Waals surface area contributed by atoms with Gasteiger partial charge in [0.15, 0.2) is 12.6 Å². The zero-order valence-electron chi connectivity index (χ0n) is 46.3. The molecule has 6 rings (SSSR count). The molecule has 5 N–H and O–H groups in total. The molecule has 0 aliphatic carbocycles. The first-order chi connectivity index (χ1) is 35.2. The molecule has 75 heavy (non-hydrogen) atoms. The second-order valence-corrected chi connectivity index (χ2v) is 23.1. The summed E-state index contributed by atoms with van der Waals surface area (Å²) in [5.41, 5.74) is -1.10. The second kappa shape index (κ2) is 25.7. The number of alkyl halides is 1. The van der Waals surface area contributed by atoms with E-state index in [0.717, 1.165) is 16.7 Å². The number of methoxy groups -OCH3 is 1. The molecule has 3 fully saturated rings. The van der Waals surface area contributed by atoms with Crippen molar-refractivity contribution in [2.75, 3.05) is 41.0 Å². The summed E-state index contributed by atoms with van der Waals surface area (Å²) in [5.74, 6) is -2.86. The SMILES string of the molecule is CC[C@H]1OC(=O)[C@H](C)[C@@H](O[C@H]2C[C@@](C)(OC)[C@@H](O)[C@H](C)O2)[C@H](C)[C@@H](O[C@@H]2O[C@H](C)C[C@H](N(C)CCc3cn([C@H](CF)Cc4ccc(-c5ccc(Cl)nc5)cc4)nn3)[C@H]2O)[C@](C)(O)C[C@@H](C)CN(C)[C@H](C)[C@@H](O)[C@]1(C)O. The number of benzene rings is 1. The van der Waals surface area contributed by atoms with Gasteiger partial charge in [-0.3, -0.25) is 4.79 Å². The van der Waals surface area contributed by atoms with E-state index in [1.807, 2.05) is 68.1 Å². The van der Waals surface area contributed by atoms with Gasteiger partial charge in [0, 0.05) is 69.0 Å². The topological polar surface area (TPSA) is 224 Å². The van der Waals surface area contributed by atoms with E-state index in [-0.39, 0.29) is 25.2 Å². The van der Waals surface area contributed by atoms with Crippen molar-refractivity contribution in [1.82, 2.24) is 29.8 Å². The van der Waals surface area contributed by atoms with Gasteiger partial charge < -0.3 is 63.8 Å². The average molecular weight is 1080 g/mol. The minimum atomic E-state index is -1.85. The van der Waals surface area contributed by atoms with Crippen molar-refractivity contribution in [3.05, 3.63) is 65.2 Å². The smallest absolute Gasteiger partial charge is 0.311 e. The predicted molar refractivity (Wildman–Crippen MR) is 280 cm³/mol. The summed E-state index contributed by atoms with van der Waals surface area (Å²) in [6.45, 7) is 17.7. The first-order valence-electron chi connectivity index (χ1n) is 26.7. The molecule has 3 aromatic rings. The summed E-state index contributed by atoms with van der Waals surface area (Å²) in [4.78, 5) is 22.6. The third-order valence-corrected chi connectivity index (χ3v) is 16.7. The summed E-state index contributed by atoms with van der Waals surface area (Å²) in [6.07, 6.45) is -5.06. The molecule has 422 valence electrons. The minimum Gasteiger partial charge on any atom is -0.459 e. The Kier molecular flexibility index (Phi) is 20.9. The molecule has 0 radical (unpaired) electrons. The fourth-order valence-corrected chi connectivity index (χ4v) is 11.7. The highest BCUT2D eigenvalue weighted by molar-refractivity contribution is 6.29. The number of rotatable bonds is 15. The molecule has 3 saturated heterocycles. The summed E-state index contributed by atoms with van der Waals surface area (Å²) >= 11 is 5.96. The first kappa shape index (κ1) is 60.9. The average Bonchev–Trinajstić information content (AvgIpc) is 3.85. The standard InChI is InChI=1S/C55H86ClFN6O12/c1-14-43-55(10,69)48(65)35(6)62(12)29-31(2)25-53(8,68)50(33(4)47(34(5)51(67)73-43)74-45-26-54(9,70-13)49(66)36(7)72-45)75-52-46(64)42(23-32(3)71-52)61(11)22-21-40-30-63(60-59-40)41(27-57)24-37-15-17-38(18-16-37)39-19-20-44(56)58-28-39/h15-20,28,30-36,41-43,45-50,52,64-66,68-69H,14,21-27,29H2,1-13H3/t31-,32-,33+,34-,35-,36+,41+,42+,43-,45+,46-,47+,48-,49+,50-,52+,53-,54-,55-/m1/s1. The van der Waals surface area contributed by atoms with Crippen LogP contribution in [0.15, 0.2) is 48.8 Å². The van der Waals surface area contributed by atoms with Gasteiger partial charge in [-0.1, -0.05) is 61.9 Å². The van der Waals surface area contributed by atoms with Crippen LogP contribution in [0.5, 0.6) is 0 Å². The fourth-order valence-electron chi connectivity index (χ4n) is 11.6. The highest BCUT2D eigenvalue weighted by atomic mass is 35.5. The van der Waals surface area contributed by atoms with E-state index in [1.54, 1.807) is 71.6 Å². The number of carbonyl (C=O) groups is 1. The van der Waals surface area contributed by atoms with Crippen LogP contribution in [-0.4, -0.2) is 193 Å². The van der Waals surface area contributed by atoms with Crippen LogP contribution in [0.4, 0.5) is 4.39 Å². The Morgan fingerprint density at radius 3 is 2.27 bits per heavy atom. The molecule has 18 nitrogen and oxygen atoms in total. The van der Waals surface area contributed by atoms with Crippen molar-refractivity contribution in [2.24, 2.45) is 17.8 Å². The van der Waals surface area contributed by atoms with Gasteiger partial charge in [-0.15, -0.1) is 5.10 Å². The van der Waals surface area contributed by atoms with Crippen molar-refractivity contribution < 1.29 is 63.1 Å². The number of aliphatic hydroxyl groups excluding tert-OH is 3. The Bertz CT molecular complexity index is 2260. The first-order valence-corrected chi connectivity index (χ1v) is 27.1. The van der Waals surface area contributed by atoms with E-state index in [9.17, 15) is 34.7 Å². The number of nitrogens with zero attached hydrogens (tertiary/aromatic N) is 6. The molecule has 3 aliphatic heterocycles. The van der Waals surface area contributed by atoms with Gasteiger partial charge in [0.05, 0.1) is 53.3 Å². The van der Waals surface area contributed by atoms with Crippen LogP contribution in [0.3, 0.4) is 0 Å². The maximum atomic E-state index is 14.6. The third kappa shape index (κ3) is 14.5. The van der Waals surface area contributed by atoms with Crippen LogP contribution < -0.4 is 0 Å². The highest BCUT2D eigenvalue weighted by Crippen LogP contribution is 2.40. The maximum Gasteiger partial charge on any atom is 0.311 e. The van der Waals surface area contributed by atoms with Crippen molar-refractivity contribution >= 4 is 17.6 Å². The monoisotopic (exact) mass is 1080 g/mol. The van der Waals surface area contributed by atoms with Crippen molar-refractivity contribution in [3.63, 3.8) is 0 Å². The number of hydrogen-bond donors (Lipinski definition) is 5. The number of carbonyl (C=O) groups excluding carboxylic acids is 1. The largest absolute Gasteiger partial charge is 0.459 e. The van der Waals surface area contributed by atoms with E-state index < -0.39 is 121 Å². The number of aliphatic hydroxyl groups is 5. The summed E-state index contributed by atoms with van der Waals surface area (Å²) < 4.78 is 54.5. The molecule has 1 aromatic carbocycles. The summed E-state index contributed by atoms with van der Waals surface area (Å²) in [6, 6.07) is 9.86. The molecular weight excluding hydrogens is 991 g/mol. The Balaban J connectivity index is 1.23. The molecule has 19 atom stereocenters. The Hall–Kier alpha value is -3.28. The van der Waals surface area contributed by atoms with Gasteiger partial charge in [-0.25, -0.2) is 14.1 Å². The number of esters is 1. The summed E-state index contributed by atoms with van der Waals surface area (Å²) in [7, 11) is 5.22. The Labute approximate surface area is 448 Å². The number of ether oxygens (including phenoxy) is 6. The van der Waals surface area contributed by atoms with Crippen molar-refractivity contribution in [2.45, 2.75) is 204 Å². The van der Waals surface area contributed by atoms with E-state index >= 15 is 0 Å². The fraction of sp³-hybridized carbons (Fsp3) is 0.745. The lowest BCUT2D eigenvalue weighted by molar-refractivity contribution is -0.318.